The molecule has 0 spiro atoms. The Morgan fingerprint density at radius 2 is 2.17 bits per heavy atom. The van der Waals surface area contributed by atoms with Crippen molar-refractivity contribution >= 4 is 5.91 Å². The topological polar surface area (TPSA) is 56.2 Å². The molecule has 2 aromatic rings. The minimum Gasteiger partial charge on any atom is -0.488 e. The van der Waals surface area contributed by atoms with Gasteiger partial charge in [-0.15, -0.1) is 0 Å². The summed E-state index contributed by atoms with van der Waals surface area (Å²) in [5, 5.41) is 7.26. The van der Waals surface area contributed by atoms with Gasteiger partial charge in [-0.3, -0.25) is 9.48 Å². The van der Waals surface area contributed by atoms with Gasteiger partial charge >= 0.3 is 0 Å². The summed E-state index contributed by atoms with van der Waals surface area (Å²) in [5.74, 6) is 0.955. The molecule has 5 nitrogen and oxygen atoms in total. The van der Waals surface area contributed by atoms with Crippen LogP contribution in [0.5, 0.6) is 5.75 Å². The lowest BCUT2D eigenvalue weighted by Crippen LogP contribution is -2.42. The van der Waals surface area contributed by atoms with Crippen LogP contribution in [0.4, 0.5) is 0 Å². The Labute approximate surface area is 136 Å². The van der Waals surface area contributed by atoms with Crippen LogP contribution in [0, 0.1) is 0 Å². The molecule has 1 aliphatic carbocycles. The minimum atomic E-state index is 0.0692. The first kappa shape index (κ1) is 15.6. The number of para-hydroxylation sites is 1. The van der Waals surface area contributed by atoms with Gasteiger partial charge in [-0.05, 0) is 43.4 Å². The zero-order chi connectivity index (χ0) is 16.1. The lowest BCUT2D eigenvalue weighted by molar-refractivity contribution is -0.122. The molecule has 122 valence electrons. The van der Waals surface area contributed by atoms with Gasteiger partial charge in [0.15, 0.2) is 0 Å². The van der Waals surface area contributed by atoms with Gasteiger partial charge < -0.3 is 10.1 Å². The SMILES string of the molecule is Cn1cc(CCC(=O)N[C@@H]2CCC[C@H]2Oc2ccccc2)cn1. The molecule has 0 aliphatic heterocycles. The maximum absolute atomic E-state index is 12.2. The lowest BCUT2D eigenvalue weighted by Gasteiger charge is -2.22. The molecule has 0 bridgehead atoms. The van der Waals surface area contributed by atoms with Crippen molar-refractivity contribution in [2.45, 2.75) is 44.2 Å². The van der Waals surface area contributed by atoms with Crippen LogP contribution in [0.25, 0.3) is 0 Å². The average molecular weight is 313 g/mol. The van der Waals surface area contributed by atoms with Crippen molar-refractivity contribution < 1.29 is 9.53 Å². The number of nitrogens with zero attached hydrogens (tertiary/aromatic N) is 2. The van der Waals surface area contributed by atoms with Gasteiger partial charge in [0.1, 0.15) is 11.9 Å². The number of hydrogen-bond donors (Lipinski definition) is 1. The van der Waals surface area contributed by atoms with E-state index in [0.717, 1.165) is 37.0 Å². The quantitative estimate of drug-likeness (QED) is 0.891. The van der Waals surface area contributed by atoms with E-state index in [4.69, 9.17) is 4.74 Å². The zero-order valence-corrected chi connectivity index (χ0v) is 13.4. The minimum absolute atomic E-state index is 0.0692. The highest BCUT2D eigenvalue weighted by atomic mass is 16.5. The molecule has 2 atom stereocenters. The van der Waals surface area contributed by atoms with Crippen molar-refractivity contribution in [2.24, 2.45) is 7.05 Å². The van der Waals surface area contributed by atoms with Crippen LogP contribution in [0.2, 0.25) is 0 Å². The smallest absolute Gasteiger partial charge is 0.220 e. The molecule has 0 unspecified atom stereocenters. The van der Waals surface area contributed by atoms with Crippen LogP contribution in [-0.2, 0) is 18.3 Å². The maximum atomic E-state index is 12.2. The number of aryl methyl sites for hydroxylation is 2. The van der Waals surface area contributed by atoms with Crippen molar-refractivity contribution in [3.8, 4) is 5.75 Å². The van der Waals surface area contributed by atoms with Crippen LogP contribution >= 0.6 is 0 Å². The molecule has 1 N–H and O–H groups in total. The van der Waals surface area contributed by atoms with Crippen LogP contribution in [0.1, 0.15) is 31.2 Å². The molecule has 23 heavy (non-hydrogen) atoms. The summed E-state index contributed by atoms with van der Waals surface area (Å²) in [6.07, 6.45) is 8.09. The van der Waals surface area contributed by atoms with E-state index in [2.05, 4.69) is 10.4 Å². The number of carbonyl (C=O) groups is 1. The highest BCUT2D eigenvalue weighted by molar-refractivity contribution is 5.76. The van der Waals surface area contributed by atoms with E-state index < -0.39 is 0 Å². The van der Waals surface area contributed by atoms with Crippen molar-refractivity contribution in [3.05, 3.63) is 48.3 Å². The summed E-state index contributed by atoms with van der Waals surface area (Å²) >= 11 is 0. The van der Waals surface area contributed by atoms with E-state index >= 15 is 0 Å². The van der Waals surface area contributed by atoms with Crippen molar-refractivity contribution in [1.82, 2.24) is 15.1 Å². The van der Waals surface area contributed by atoms with Crippen molar-refractivity contribution in [1.29, 1.82) is 0 Å². The Kier molecular flexibility index (Phi) is 4.95. The van der Waals surface area contributed by atoms with Gasteiger partial charge in [-0.2, -0.15) is 5.10 Å². The third kappa shape index (κ3) is 4.34. The Morgan fingerprint density at radius 1 is 1.35 bits per heavy atom. The summed E-state index contributed by atoms with van der Waals surface area (Å²) < 4.78 is 7.78. The molecule has 1 aromatic heterocycles. The number of benzene rings is 1. The Balaban J connectivity index is 1.48. The summed E-state index contributed by atoms with van der Waals surface area (Å²) in [6, 6.07) is 9.92. The van der Waals surface area contributed by atoms with Gasteiger partial charge in [0, 0.05) is 19.7 Å². The Morgan fingerprint density at radius 3 is 2.91 bits per heavy atom. The van der Waals surface area contributed by atoms with Crippen molar-refractivity contribution in [2.75, 3.05) is 0 Å². The first-order chi connectivity index (χ1) is 11.2. The van der Waals surface area contributed by atoms with Crippen LogP contribution < -0.4 is 10.1 Å². The van der Waals surface area contributed by atoms with E-state index in [-0.39, 0.29) is 18.1 Å². The van der Waals surface area contributed by atoms with Crippen molar-refractivity contribution in [3.63, 3.8) is 0 Å². The van der Waals surface area contributed by atoms with E-state index in [1.807, 2.05) is 49.8 Å². The third-order valence-corrected chi connectivity index (χ3v) is 4.23. The number of hydrogen-bond acceptors (Lipinski definition) is 3. The highest BCUT2D eigenvalue weighted by Crippen LogP contribution is 2.24. The van der Waals surface area contributed by atoms with E-state index in [1.165, 1.54) is 0 Å². The number of nitrogens with one attached hydrogen (secondary N) is 1. The normalized spacial score (nSPS) is 20.4. The summed E-state index contributed by atoms with van der Waals surface area (Å²) in [6.45, 7) is 0. The van der Waals surface area contributed by atoms with Crippen LogP contribution in [-0.4, -0.2) is 27.8 Å². The first-order valence-corrected chi connectivity index (χ1v) is 8.19. The molecule has 1 heterocycles. The predicted octanol–water partition coefficient (Wildman–Crippen LogP) is 2.47. The fourth-order valence-electron chi connectivity index (χ4n) is 3.04. The zero-order valence-electron chi connectivity index (χ0n) is 13.4. The second kappa shape index (κ2) is 7.31. The van der Waals surface area contributed by atoms with E-state index in [1.54, 1.807) is 4.68 Å². The second-order valence-electron chi connectivity index (χ2n) is 6.10. The first-order valence-electron chi connectivity index (χ1n) is 8.19. The molecule has 1 amide bonds. The predicted molar refractivity (Wildman–Crippen MR) is 88.2 cm³/mol. The second-order valence-corrected chi connectivity index (χ2v) is 6.10. The fourth-order valence-corrected chi connectivity index (χ4v) is 3.04. The highest BCUT2D eigenvalue weighted by Gasteiger charge is 2.30. The molecule has 0 saturated heterocycles. The fraction of sp³-hybridized carbons (Fsp3) is 0.444. The van der Waals surface area contributed by atoms with E-state index in [9.17, 15) is 4.79 Å². The summed E-state index contributed by atoms with van der Waals surface area (Å²) in [7, 11) is 1.88. The molecule has 1 saturated carbocycles. The van der Waals surface area contributed by atoms with Gasteiger partial charge in [0.05, 0.1) is 12.2 Å². The average Bonchev–Trinajstić information content (AvgIpc) is 3.16. The number of rotatable bonds is 6. The van der Waals surface area contributed by atoms with Crippen LogP contribution in [0.3, 0.4) is 0 Å². The Bertz CT molecular complexity index is 639. The molecular formula is C18H23N3O2. The largest absolute Gasteiger partial charge is 0.488 e. The molecular weight excluding hydrogens is 290 g/mol. The van der Waals surface area contributed by atoms with Gasteiger partial charge in [-0.1, -0.05) is 18.2 Å². The summed E-state index contributed by atoms with van der Waals surface area (Å²) in [5.41, 5.74) is 1.09. The molecule has 5 heteroatoms. The molecule has 3 rings (SSSR count). The van der Waals surface area contributed by atoms with Gasteiger partial charge in [0.25, 0.3) is 0 Å². The number of amides is 1. The number of ether oxygens (including phenoxy) is 1. The number of aromatic nitrogens is 2. The lowest BCUT2D eigenvalue weighted by atomic mass is 10.1. The molecule has 0 radical (unpaired) electrons. The molecule has 1 fully saturated rings. The molecule has 1 aliphatic rings. The van der Waals surface area contributed by atoms with Gasteiger partial charge in [0.2, 0.25) is 5.91 Å². The summed E-state index contributed by atoms with van der Waals surface area (Å²) in [4.78, 5) is 12.2. The molecule has 1 aromatic carbocycles. The van der Waals surface area contributed by atoms with E-state index in [0.29, 0.717) is 6.42 Å². The maximum Gasteiger partial charge on any atom is 0.220 e. The number of carbonyl (C=O) groups excluding carboxylic acids is 1. The third-order valence-electron chi connectivity index (χ3n) is 4.23. The standard InChI is InChI=1S/C18H23N3O2/c1-21-13-14(12-19-21)10-11-18(22)20-16-8-5-9-17(16)23-15-6-3-2-4-7-15/h2-4,6-7,12-13,16-17H,5,8-11H2,1H3,(H,20,22)/t16-,17-/m1/s1. The van der Waals surface area contributed by atoms with Gasteiger partial charge in [-0.25, -0.2) is 0 Å². The van der Waals surface area contributed by atoms with Crippen LogP contribution in [0.15, 0.2) is 42.7 Å². The monoisotopic (exact) mass is 313 g/mol. The Hall–Kier alpha value is -2.30.